The molecular formula is C18H25N3. The standard InChI is InChI=1S/C18H25N3/c1-3-19-11-15-12-20-18(17-8-6-5-7-16(15)17)21(4-2)13-14-9-10-14/h5-8,12,14,19H,3-4,9-11,13H2,1-2H3. The zero-order valence-corrected chi connectivity index (χ0v) is 13.1. The molecule has 3 nitrogen and oxygen atoms in total. The van der Waals surface area contributed by atoms with Gasteiger partial charge in [0.2, 0.25) is 0 Å². The van der Waals surface area contributed by atoms with Gasteiger partial charge in [-0.1, -0.05) is 31.2 Å². The highest BCUT2D eigenvalue weighted by Gasteiger charge is 2.25. The summed E-state index contributed by atoms with van der Waals surface area (Å²) in [6.07, 6.45) is 4.82. The Hall–Kier alpha value is -1.61. The van der Waals surface area contributed by atoms with Crippen LogP contribution in [0.3, 0.4) is 0 Å². The molecule has 0 unspecified atom stereocenters. The van der Waals surface area contributed by atoms with Gasteiger partial charge in [-0.05, 0) is 43.2 Å². The molecule has 2 aromatic rings. The van der Waals surface area contributed by atoms with Gasteiger partial charge in [0.1, 0.15) is 5.82 Å². The van der Waals surface area contributed by atoms with Gasteiger partial charge in [-0.2, -0.15) is 0 Å². The Morgan fingerprint density at radius 2 is 1.95 bits per heavy atom. The van der Waals surface area contributed by atoms with Crippen LogP contribution in [0.25, 0.3) is 10.8 Å². The molecular weight excluding hydrogens is 258 g/mol. The number of fused-ring (bicyclic) bond motifs is 1. The van der Waals surface area contributed by atoms with Gasteiger partial charge in [0.25, 0.3) is 0 Å². The zero-order chi connectivity index (χ0) is 14.7. The summed E-state index contributed by atoms with van der Waals surface area (Å²) in [7, 11) is 0. The molecule has 1 fully saturated rings. The van der Waals surface area contributed by atoms with E-state index in [2.05, 4.69) is 54.5 Å². The number of hydrogen-bond donors (Lipinski definition) is 1. The monoisotopic (exact) mass is 283 g/mol. The summed E-state index contributed by atoms with van der Waals surface area (Å²) in [5, 5.41) is 6.03. The quantitative estimate of drug-likeness (QED) is 0.842. The van der Waals surface area contributed by atoms with Crippen LogP contribution in [0.2, 0.25) is 0 Å². The molecule has 21 heavy (non-hydrogen) atoms. The summed E-state index contributed by atoms with van der Waals surface area (Å²) < 4.78 is 0. The van der Waals surface area contributed by atoms with Crippen LogP contribution in [0.4, 0.5) is 5.82 Å². The van der Waals surface area contributed by atoms with Crippen molar-refractivity contribution in [3.8, 4) is 0 Å². The van der Waals surface area contributed by atoms with Crippen molar-refractivity contribution >= 4 is 16.6 Å². The molecule has 1 heterocycles. The normalized spacial score (nSPS) is 14.6. The lowest BCUT2D eigenvalue weighted by atomic mass is 10.1. The van der Waals surface area contributed by atoms with E-state index >= 15 is 0 Å². The van der Waals surface area contributed by atoms with E-state index in [0.29, 0.717) is 0 Å². The maximum absolute atomic E-state index is 4.80. The van der Waals surface area contributed by atoms with E-state index < -0.39 is 0 Å². The summed E-state index contributed by atoms with van der Waals surface area (Å²) in [6, 6.07) is 8.68. The molecule has 1 aromatic heterocycles. The molecule has 0 radical (unpaired) electrons. The number of nitrogens with one attached hydrogen (secondary N) is 1. The van der Waals surface area contributed by atoms with Crippen molar-refractivity contribution in [3.63, 3.8) is 0 Å². The smallest absolute Gasteiger partial charge is 0.136 e. The predicted molar refractivity (Wildman–Crippen MR) is 89.7 cm³/mol. The number of hydrogen-bond acceptors (Lipinski definition) is 3. The molecule has 3 heteroatoms. The van der Waals surface area contributed by atoms with E-state index in [1.165, 1.54) is 29.2 Å². The van der Waals surface area contributed by atoms with Gasteiger partial charge in [0, 0.05) is 31.2 Å². The first-order chi connectivity index (χ1) is 10.3. The number of anilines is 1. The van der Waals surface area contributed by atoms with Gasteiger partial charge in [0.05, 0.1) is 0 Å². The maximum atomic E-state index is 4.80. The molecule has 0 amide bonds. The molecule has 1 aliphatic carbocycles. The number of aromatic nitrogens is 1. The van der Waals surface area contributed by atoms with E-state index in [1.54, 1.807) is 0 Å². The Morgan fingerprint density at radius 1 is 1.19 bits per heavy atom. The van der Waals surface area contributed by atoms with E-state index in [1.807, 2.05) is 0 Å². The molecule has 0 saturated heterocycles. The lowest BCUT2D eigenvalue weighted by molar-refractivity contribution is 0.722. The zero-order valence-electron chi connectivity index (χ0n) is 13.1. The van der Waals surface area contributed by atoms with Crippen LogP contribution >= 0.6 is 0 Å². The first-order valence-electron chi connectivity index (χ1n) is 8.15. The largest absolute Gasteiger partial charge is 0.356 e. The Labute approximate surface area is 127 Å². The van der Waals surface area contributed by atoms with E-state index in [4.69, 9.17) is 4.98 Å². The Bertz CT molecular complexity index is 604. The molecule has 1 aliphatic rings. The Morgan fingerprint density at radius 3 is 2.62 bits per heavy atom. The molecule has 0 spiro atoms. The minimum Gasteiger partial charge on any atom is -0.356 e. The lowest BCUT2D eigenvalue weighted by Crippen LogP contribution is -2.26. The molecule has 0 atom stereocenters. The second-order valence-corrected chi connectivity index (χ2v) is 5.91. The van der Waals surface area contributed by atoms with E-state index in [0.717, 1.165) is 37.9 Å². The van der Waals surface area contributed by atoms with Gasteiger partial charge in [0.15, 0.2) is 0 Å². The molecule has 1 N–H and O–H groups in total. The van der Waals surface area contributed by atoms with Crippen LogP contribution in [-0.4, -0.2) is 24.6 Å². The van der Waals surface area contributed by atoms with Crippen LogP contribution in [0.5, 0.6) is 0 Å². The van der Waals surface area contributed by atoms with Crippen LogP contribution in [-0.2, 0) is 6.54 Å². The maximum Gasteiger partial charge on any atom is 0.136 e. The first kappa shape index (κ1) is 14.3. The summed E-state index contributed by atoms with van der Waals surface area (Å²) in [6.45, 7) is 8.42. The fourth-order valence-electron chi connectivity index (χ4n) is 2.87. The number of pyridine rings is 1. The van der Waals surface area contributed by atoms with Gasteiger partial charge >= 0.3 is 0 Å². The van der Waals surface area contributed by atoms with Crippen molar-refractivity contribution < 1.29 is 0 Å². The van der Waals surface area contributed by atoms with E-state index in [-0.39, 0.29) is 0 Å². The second-order valence-electron chi connectivity index (χ2n) is 5.91. The van der Waals surface area contributed by atoms with E-state index in [9.17, 15) is 0 Å². The molecule has 3 rings (SSSR count). The second kappa shape index (κ2) is 6.44. The summed E-state index contributed by atoms with van der Waals surface area (Å²) >= 11 is 0. The van der Waals surface area contributed by atoms with Crippen LogP contribution in [0, 0.1) is 5.92 Å². The fraction of sp³-hybridized carbons (Fsp3) is 0.500. The average Bonchev–Trinajstić information content (AvgIpc) is 3.34. The third-order valence-corrected chi connectivity index (χ3v) is 4.28. The average molecular weight is 283 g/mol. The van der Waals surface area contributed by atoms with Gasteiger partial charge in [-0.25, -0.2) is 4.98 Å². The van der Waals surface area contributed by atoms with Crippen LogP contribution in [0.1, 0.15) is 32.3 Å². The summed E-state index contributed by atoms with van der Waals surface area (Å²) in [5.74, 6) is 2.03. The number of rotatable bonds is 7. The summed E-state index contributed by atoms with van der Waals surface area (Å²) in [5.41, 5.74) is 1.29. The molecule has 1 aromatic carbocycles. The van der Waals surface area contributed by atoms with Crippen molar-refractivity contribution in [2.24, 2.45) is 5.92 Å². The topological polar surface area (TPSA) is 28.2 Å². The predicted octanol–water partition coefficient (Wildman–Crippen LogP) is 3.58. The van der Waals surface area contributed by atoms with Crippen molar-refractivity contribution in [1.29, 1.82) is 0 Å². The van der Waals surface area contributed by atoms with Crippen LogP contribution in [0.15, 0.2) is 30.5 Å². The van der Waals surface area contributed by atoms with Crippen molar-refractivity contribution in [2.75, 3.05) is 24.5 Å². The Balaban J connectivity index is 1.98. The minimum atomic E-state index is 0.881. The van der Waals surface area contributed by atoms with Gasteiger partial charge in [-0.15, -0.1) is 0 Å². The SMILES string of the molecule is CCNCc1cnc(N(CC)CC2CC2)c2ccccc12. The third-order valence-electron chi connectivity index (χ3n) is 4.28. The van der Waals surface area contributed by atoms with Gasteiger partial charge in [-0.3, -0.25) is 0 Å². The van der Waals surface area contributed by atoms with Crippen molar-refractivity contribution in [3.05, 3.63) is 36.0 Å². The third kappa shape index (κ3) is 3.18. The highest BCUT2D eigenvalue weighted by molar-refractivity contribution is 5.94. The van der Waals surface area contributed by atoms with Crippen molar-refractivity contribution in [2.45, 2.75) is 33.2 Å². The van der Waals surface area contributed by atoms with Gasteiger partial charge < -0.3 is 10.2 Å². The first-order valence-corrected chi connectivity index (χ1v) is 8.15. The Kier molecular flexibility index (Phi) is 4.39. The molecule has 0 bridgehead atoms. The molecule has 0 aliphatic heterocycles. The highest BCUT2D eigenvalue weighted by atomic mass is 15.2. The minimum absolute atomic E-state index is 0.881. The highest BCUT2D eigenvalue weighted by Crippen LogP contribution is 2.33. The van der Waals surface area contributed by atoms with Crippen LogP contribution < -0.4 is 10.2 Å². The number of benzene rings is 1. The lowest BCUT2D eigenvalue weighted by Gasteiger charge is -2.24. The molecule has 112 valence electrons. The summed E-state index contributed by atoms with van der Waals surface area (Å²) in [4.78, 5) is 7.24. The fourth-order valence-corrected chi connectivity index (χ4v) is 2.87. The number of nitrogens with zero attached hydrogens (tertiary/aromatic N) is 2. The molecule has 1 saturated carbocycles. The van der Waals surface area contributed by atoms with Crippen molar-refractivity contribution in [1.82, 2.24) is 10.3 Å².